The molecule has 1 amide bonds. The molecule has 0 fully saturated rings. The average Bonchev–Trinajstić information content (AvgIpc) is 2.44. The second-order valence-corrected chi connectivity index (χ2v) is 4.87. The zero-order valence-electron chi connectivity index (χ0n) is 10.8. The highest BCUT2D eigenvalue weighted by atomic mass is 35.5. The Kier molecular flexibility index (Phi) is 4.88. The minimum atomic E-state index is -0.940. The number of halogens is 3. The van der Waals surface area contributed by atoms with E-state index in [-0.39, 0.29) is 12.1 Å². The molecule has 0 heterocycles. The van der Waals surface area contributed by atoms with E-state index in [1.165, 1.54) is 0 Å². The topological polar surface area (TPSA) is 49.3 Å². The van der Waals surface area contributed by atoms with Gasteiger partial charge in [-0.3, -0.25) is 4.79 Å². The number of hydrogen-bond donors (Lipinski definition) is 2. The molecule has 0 spiro atoms. The lowest BCUT2D eigenvalue weighted by Gasteiger charge is -2.12. The van der Waals surface area contributed by atoms with Crippen LogP contribution in [0.1, 0.15) is 22.0 Å². The van der Waals surface area contributed by atoms with Crippen LogP contribution in [-0.2, 0) is 0 Å². The zero-order chi connectivity index (χ0) is 15.4. The first kappa shape index (κ1) is 15.4. The van der Waals surface area contributed by atoms with Gasteiger partial charge in [-0.2, -0.15) is 0 Å². The smallest absolute Gasteiger partial charge is 0.251 e. The Morgan fingerprint density at radius 3 is 2.29 bits per heavy atom. The van der Waals surface area contributed by atoms with Crippen molar-refractivity contribution in [2.75, 3.05) is 6.54 Å². The van der Waals surface area contributed by atoms with E-state index in [2.05, 4.69) is 5.32 Å². The lowest BCUT2D eigenvalue weighted by atomic mass is 10.1. The van der Waals surface area contributed by atoms with Crippen LogP contribution in [0.25, 0.3) is 0 Å². The summed E-state index contributed by atoms with van der Waals surface area (Å²) in [5, 5.41) is 12.9. The predicted octanol–water partition coefficient (Wildman–Crippen LogP) is 3.08. The second-order valence-electron chi connectivity index (χ2n) is 4.44. The minimum absolute atomic E-state index is 0.0847. The largest absolute Gasteiger partial charge is 0.387 e. The first-order valence-electron chi connectivity index (χ1n) is 6.13. The van der Waals surface area contributed by atoms with Gasteiger partial charge in [0.1, 0.15) is 11.6 Å². The number of carbonyl (C=O) groups is 1. The maximum absolute atomic E-state index is 13.0. The van der Waals surface area contributed by atoms with Gasteiger partial charge in [-0.05, 0) is 29.8 Å². The molecule has 1 atom stereocenters. The molecule has 0 bridgehead atoms. The van der Waals surface area contributed by atoms with Gasteiger partial charge < -0.3 is 10.4 Å². The highest BCUT2D eigenvalue weighted by molar-refractivity contribution is 6.30. The molecule has 110 valence electrons. The molecule has 0 radical (unpaired) electrons. The lowest BCUT2D eigenvalue weighted by molar-refractivity contribution is 0.0915. The van der Waals surface area contributed by atoms with Gasteiger partial charge in [0.15, 0.2) is 0 Å². The molecular formula is C15H12ClF2NO2. The van der Waals surface area contributed by atoms with Crippen LogP contribution in [0.5, 0.6) is 0 Å². The summed E-state index contributed by atoms with van der Waals surface area (Å²) < 4.78 is 26.0. The van der Waals surface area contributed by atoms with Crippen LogP contribution in [0, 0.1) is 11.6 Å². The molecule has 2 N–H and O–H groups in total. The summed E-state index contributed by atoms with van der Waals surface area (Å²) in [5.74, 6) is -2.33. The Morgan fingerprint density at radius 2 is 1.71 bits per heavy atom. The maximum Gasteiger partial charge on any atom is 0.251 e. The number of nitrogens with one attached hydrogen (secondary N) is 1. The van der Waals surface area contributed by atoms with Gasteiger partial charge in [-0.25, -0.2) is 8.78 Å². The van der Waals surface area contributed by atoms with Gasteiger partial charge in [-0.1, -0.05) is 23.7 Å². The molecule has 0 unspecified atom stereocenters. The van der Waals surface area contributed by atoms with E-state index < -0.39 is 23.6 Å². The van der Waals surface area contributed by atoms with Crippen LogP contribution < -0.4 is 5.32 Å². The maximum atomic E-state index is 13.0. The Labute approximate surface area is 125 Å². The standard InChI is InChI=1S/C15H12ClF2NO2/c16-11-3-1-9(2-4-11)14(20)8-19-15(21)10-5-12(17)7-13(18)6-10/h1-7,14,20H,8H2,(H,19,21)/t14-/m0/s1. The van der Waals surface area contributed by atoms with Crippen LogP contribution >= 0.6 is 11.6 Å². The highest BCUT2D eigenvalue weighted by Gasteiger charge is 2.12. The molecule has 2 rings (SSSR count). The molecule has 0 aliphatic carbocycles. The van der Waals surface area contributed by atoms with Gasteiger partial charge in [-0.15, -0.1) is 0 Å². The van der Waals surface area contributed by atoms with Crippen molar-refractivity contribution < 1.29 is 18.7 Å². The zero-order valence-corrected chi connectivity index (χ0v) is 11.6. The van der Waals surface area contributed by atoms with Crippen molar-refractivity contribution in [1.29, 1.82) is 0 Å². The van der Waals surface area contributed by atoms with Crippen molar-refractivity contribution in [3.05, 3.63) is 70.2 Å². The molecule has 3 nitrogen and oxygen atoms in total. The van der Waals surface area contributed by atoms with Crippen LogP contribution in [0.4, 0.5) is 8.78 Å². The molecule has 2 aromatic carbocycles. The summed E-state index contributed by atoms with van der Waals surface area (Å²) >= 11 is 5.73. The van der Waals surface area contributed by atoms with E-state index >= 15 is 0 Å². The number of benzene rings is 2. The number of amides is 1. The van der Waals surface area contributed by atoms with Gasteiger partial charge in [0, 0.05) is 23.2 Å². The molecule has 6 heteroatoms. The molecule has 0 saturated carbocycles. The van der Waals surface area contributed by atoms with Gasteiger partial charge in [0.05, 0.1) is 6.10 Å². The first-order chi connectivity index (χ1) is 9.95. The molecular weight excluding hydrogens is 300 g/mol. The fourth-order valence-electron chi connectivity index (χ4n) is 1.78. The first-order valence-corrected chi connectivity index (χ1v) is 6.51. The van der Waals surface area contributed by atoms with Crippen molar-refractivity contribution >= 4 is 17.5 Å². The Bertz CT molecular complexity index is 626. The van der Waals surface area contributed by atoms with E-state index in [0.717, 1.165) is 12.1 Å². The second kappa shape index (κ2) is 6.65. The summed E-state index contributed by atoms with van der Waals surface area (Å²) in [4.78, 5) is 11.8. The third-order valence-corrected chi connectivity index (χ3v) is 3.09. The Balaban J connectivity index is 1.98. The molecule has 0 aromatic heterocycles. The third-order valence-electron chi connectivity index (χ3n) is 2.84. The number of aliphatic hydroxyl groups is 1. The lowest BCUT2D eigenvalue weighted by Crippen LogP contribution is -2.28. The van der Waals surface area contributed by atoms with Crippen LogP contribution in [0.2, 0.25) is 5.02 Å². The summed E-state index contributed by atoms with van der Waals surface area (Å²) in [6.07, 6.45) is -0.940. The predicted molar refractivity (Wildman–Crippen MR) is 75.1 cm³/mol. The van der Waals surface area contributed by atoms with E-state index in [1.54, 1.807) is 24.3 Å². The third kappa shape index (κ3) is 4.24. The molecule has 21 heavy (non-hydrogen) atoms. The summed E-state index contributed by atoms with van der Waals surface area (Å²) in [5.41, 5.74) is 0.431. The van der Waals surface area contributed by atoms with E-state index in [1.807, 2.05) is 0 Å². The monoisotopic (exact) mass is 311 g/mol. The summed E-state index contributed by atoms with van der Waals surface area (Å²) in [6, 6.07) is 9.01. The highest BCUT2D eigenvalue weighted by Crippen LogP contribution is 2.16. The van der Waals surface area contributed by atoms with Gasteiger partial charge in [0.2, 0.25) is 0 Å². The van der Waals surface area contributed by atoms with Crippen molar-refractivity contribution in [1.82, 2.24) is 5.32 Å². The SMILES string of the molecule is O=C(NC[C@H](O)c1ccc(Cl)cc1)c1cc(F)cc(F)c1. The molecule has 0 saturated heterocycles. The number of rotatable bonds is 4. The van der Waals surface area contributed by atoms with Crippen molar-refractivity contribution in [2.45, 2.75) is 6.10 Å². The van der Waals surface area contributed by atoms with Crippen molar-refractivity contribution in [3.8, 4) is 0 Å². The normalized spacial score (nSPS) is 12.0. The number of aliphatic hydroxyl groups excluding tert-OH is 1. The van der Waals surface area contributed by atoms with Crippen LogP contribution in [0.3, 0.4) is 0 Å². The minimum Gasteiger partial charge on any atom is -0.387 e. The average molecular weight is 312 g/mol. The molecule has 0 aliphatic rings. The van der Waals surface area contributed by atoms with Crippen molar-refractivity contribution in [2.24, 2.45) is 0 Å². The van der Waals surface area contributed by atoms with Gasteiger partial charge >= 0.3 is 0 Å². The van der Waals surface area contributed by atoms with Gasteiger partial charge in [0.25, 0.3) is 5.91 Å². The van der Waals surface area contributed by atoms with E-state index in [0.29, 0.717) is 16.7 Å². The van der Waals surface area contributed by atoms with E-state index in [9.17, 15) is 18.7 Å². The fraction of sp³-hybridized carbons (Fsp3) is 0.133. The number of carbonyl (C=O) groups excluding carboxylic acids is 1. The quantitative estimate of drug-likeness (QED) is 0.911. The number of hydrogen-bond acceptors (Lipinski definition) is 2. The van der Waals surface area contributed by atoms with E-state index in [4.69, 9.17) is 11.6 Å². The molecule has 2 aromatic rings. The fourth-order valence-corrected chi connectivity index (χ4v) is 1.91. The summed E-state index contributed by atoms with van der Waals surface area (Å²) in [7, 11) is 0. The van der Waals surface area contributed by atoms with Crippen molar-refractivity contribution in [3.63, 3.8) is 0 Å². The van der Waals surface area contributed by atoms with Crippen LogP contribution in [-0.4, -0.2) is 17.6 Å². The Hall–Kier alpha value is -1.98. The Morgan fingerprint density at radius 1 is 1.14 bits per heavy atom. The van der Waals surface area contributed by atoms with Crippen LogP contribution in [0.15, 0.2) is 42.5 Å². The molecule has 0 aliphatic heterocycles. The summed E-state index contributed by atoms with van der Waals surface area (Å²) in [6.45, 7) is -0.0847.